The van der Waals surface area contributed by atoms with Gasteiger partial charge in [-0.25, -0.2) is 4.79 Å². The molecule has 0 bridgehead atoms. The number of carbonyl (C=O) groups is 5. The van der Waals surface area contributed by atoms with Crippen LogP contribution in [0.4, 0.5) is 0 Å². The lowest BCUT2D eigenvalue weighted by Gasteiger charge is -2.28. The molecule has 1 aromatic heterocycles. The number of primary amides is 1. The smallest absolute Gasteiger partial charge is 0.326 e. The molecule has 4 amide bonds. The highest BCUT2D eigenvalue weighted by Crippen LogP contribution is 2.20. The van der Waals surface area contributed by atoms with Crippen molar-refractivity contribution in [1.29, 1.82) is 0 Å². The number of para-hydroxylation sites is 1. The van der Waals surface area contributed by atoms with Crippen LogP contribution in [0.25, 0.3) is 10.9 Å². The summed E-state index contributed by atoms with van der Waals surface area (Å²) in [6.45, 7) is 6.90. The van der Waals surface area contributed by atoms with Gasteiger partial charge in [0.05, 0.1) is 12.5 Å². The van der Waals surface area contributed by atoms with Crippen molar-refractivity contribution in [2.24, 2.45) is 23.3 Å². The third kappa shape index (κ3) is 8.04. The molecule has 0 spiro atoms. The van der Waals surface area contributed by atoms with Crippen LogP contribution in [0.5, 0.6) is 0 Å². The van der Waals surface area contributed by atoms with Crippen LogP contribution in [-0.4, -0.2) is 63.9 Å². The van der Waals surface area contributed by atoms with Gasteiger partial charge < -0.3 is 37.5 Å². The number of aromatic amines is 1. The number of carbonyl (C=O) groups excluding carboxylic acids is 4. The lowest BCUT2D eigenvalue weighted by Crippen LogP contribution is -2.59. The Morgan fingerprint density at radius 1 is 0.947 bits per heavy atom. The van der Waals surface area contributed by atoms with Crippen LogP contribution in [0.1, 0.15) is 46.1 Å². The second-order valence-corrected chi connectivity index (χ2v) is 9.84. The summed E-state index contributed by atoms with van der Waals surface area (Å²) in [4.78, 5) is 65.3. The topological polar surface area (TPSA) is 209 Å². The minimum absolute atomic E-state index is 0.0639. The molecule has 1 aromatic carbocycles. The predicted molar refractivity (Wildman–Crippen MR) is 142 cm³/mol. The Hall–Kier alpha value is -3.93. The maximum atomic E-state index is 13.4. The minimum atomic E-state index is -1.24. The maximum Gasteiger partial charge on any atom is 0.326 e. The summed E-state index contributed by atoms with van der Waals surface area (Å²) in [5.41, 5.74) is 12.5. The van der Waals surface area contributed by atoms with Gasteiger partial charge in [0.25, 0.3) is 0 Å². The Morgan fingerprint density at radius 2 is 1.58 bits per heavy atom. The van der Waals surface area contributed by atoms with Gasteiger partial charge in [-0.1, -0.05) is 52.3 Å². The fourth-order valence-electron chi connectivity index (χ4n) is 4.03. The molecule has 0 fully saturated rings. The second-order valence-electron chi connectivity index (χ2n) is 9.84. The molecule has 38 heavy (non-hydrogen) atoms. The molecule has 2 rings (SSSR count). The van der Waals surface area contributed by atoms with E-state index >= 15 is 0 Å². The fraction of sp³-hybridized carbons (Fsp3) is 0.500. The number of benzene rings is 1. The quantitative estimate of drug-likeness (QED) is 0.180. The number of carboxylic acid groups (broad SMARTS) is 1. The van der Waals surface area contributed by atoms with E-state index in [0.717, 1.165) is 16.5 Å². The van der Waals surface area contributed by atoms with Crippen LogP contribution < -0.4 is 27.4 Å². The standard InChI is InChI=1S/C26H38N6O6/c1-5-14(4)22(32-23(34)17(27)11-20(28)33)25(36)30-19(24(35)31-21(13(2)3)26(37)38)10-15-12-29-18-9-7-6-8-16(15)18/h6-9,12-14,17,19,21-22,29H,5,10-11,27H2,1-4H3,(H2,28,33)(H,30,36)(H,31,35)(H,32,34)(H,37,38). The Bertz CT molecular complexity index is 1160. The van der Waals surface area contributed by atoms with Crippen molar-refractivity contribution >= 4 is 40.5 Å². The molecular formula is C26H38N6O6. The summed E-state index contributed by atoms with van der Waals surface area (Å²) in [5.74, 6) is -4.75. The van der Waals surface area contributed by atoms with Crippen molar-refractivity contribution < 1.29 is 29.1 Å². The van der Waals surface area contributed by atoms with Gasteiger partial charge in [0, 0.05) is 23.5 Å². The third-order valence-corrected chi connectivity index (χ3v) is 6.51. The van der Waals surface area contributed by atoms with Gasteiger partial charge in [0.15, 0.2) is 0 Å². The van der Waals surface area contributed by atoms with Gasteiger partial charge in [0.2, 0.25) is 23.6 Å². The van der Waals surface area contributed by atoms with Crippen LogP contribution in [0, 0.1) is 11.8 Å². The molecule has 0 saturated heterocycles. The van der Waals surface area contributed by atoms with Crippen molar-refractivity contribution in [3.8, 4) is 0 Å². The predicted octanol–water partition coefficient (Wildman–Crippen LogP) is 0.154. The lowest BCUT2D eigenvalue weighted by atomic mass is 9.96. The van der Waals surface area contributed by atoms with Gasteiger partial charge in [-0.15, -0.1) is 0 Å². The van der Waals surface area contributed by atoms with Crippen molar-refractivity contribution in [3.05, 3.63) is 36.0 Å². The number of H-pyrrole nitrogens is 1. The number of hydrogen-bond acceptors (Lipinski definition) is 6. The first-order valence-corrected chi connectivity index (χ1v) is 12.6. The van der Waals surface area contributed by atoms with E-state index in [1.165, 1.54) is 0 Å². The average Bonchev–Trinajstić information content (AvgIpc) is 3.26. The van der Waals surface area contributed by atoms with E-state index in [1.54, 1.807) is 27.0 Å². The number of nitrogens with one attached hydrogen (secondary N) is 4. The van der Waals surface area contributed by atoms with E-state index in [1.807, 2.05) is 31.2 Å². The summed E-state index contributed by atoms with van der Waals surface area (Å²) in [6.07, 6.45) is 1.91. The second kappa shape index (κ2) is 13.6. The highest BCUT2D eigenvalue weighted by molar-refractivity contribution is 5.95. The van der Waals surface area contributed by atoms with Crippen LogP contribution >= 0.6 is 0 Å². The Balaban J connectivity index is 2.34. The van der Waals surface area contributed by atoms with Gasteiger partial charge in [-0.2, -0.15) is 0 Å². The molecule has 0 aliphatic carbocycles. The molecule has 5 unspecified atom stereocenters. The normalized spacial score (nSPS) is 15.2. The van der Waals surface area contributed by atoms with Crippen molar-refractivity contribution in [1.82, 2.24) is 20.9 Å². The molecule has 12 nitrogen and oxygen atoms in total. The summed E-state index contributed by atoms with van der Waals surface area (Å²) in [6, 6.07) is 2.83. The van der Waals surface area contributed by atoms with Crippen molar-refractivity contribution in [2.45, 2.75) is 71.1 Å². The Kier molecular flexibility index (Phi) is 10.8. The highest BCUT2D eigenvalue weighted by atomic mass is 16.4. The SMILES string of the molecule is CCC(C)C(NC(=O)C(N)CC(N)=O)C(=O)NC(Cc1c[nH]c2ccccc12)C(=O)NC(C(=O)O)C(C)C. The van der Waals surface area contributed by atoms with E-state index < -0.39 is 66.1 Å². The number of fused-ring (bicyclic) bond motifs is 1. The molecule has 208 valence electrons. The van der Waals surface area contributed by atoms with Crippen LogP contribution in [0.15, 0.2) is 30.5 Å². The zero-order valence-electron chi connectivity index (χ0n) is 22.1. The third-order valence-electron chi connectivity index (χ3n) is 6.51. The summed E-state index contributed by atoms with van der Waals surface area (Å²) in [7, 11) is 0. The summed E-state index contributed by atoms with van der Waals surface area (Å²) in [5, 5.41) is 18.2. The van der Waals surface area contributed by atoms with Crippen LogP contribution in [0.3, 0.4) is 0 Å². The van der Waals surface area contributed by atoms with Crippen molar-refractivity contribution in [3.63, 3.8) is 0 Å². The molecule has 0 aliphatic rings. The number of nitrogens with two attached hydrogens (primary N) is 2. The lowest BCUT2D eigenvalue weighted by molar-refractivity contribution is -0.143. The molecule has 0 saturated carbocycles. The molecular weight excluding hydrogens is 492 g/mol. The van der Waals surface area contributed by atoms with E-state index in [4.69, 9.17) is 11.5 Å². The van der Waals surface area contributed by atoms with Gasteiger partial charge in [-0.3, -0.25) is 19.2 Å². The van der Waals surface area contributed by atoms with Gasteiger partial charge in [-0.05, 0) is 23.5 Å². The summed E-state index contributed by atoms with van der Waals surface area (Å²) >= 11 is 0. The number of aromatic nitrogens is 1. The van der Waals surface area contributed by atoms with Crippen molar-refractivity contribution in [2.75, 3.05) is 0 Å². The Labute approximate surface area is 221 Å². The van der Waals surface area contributed by atoms with Gasteiger partial charge in [0.1, 0.15) is 18.1 Å². The minimum Gasteiger partial charge on any atom is -0.480 e. The monoisotopic (exact) mass is 530 g/mol. The number of amides is 4. The van der Waals surface area contributed by atoms with E-state index in [9.17, 15) is 29.1 Å². The molecule has 0 aliphatic heterocycles. The molecule has 0 radical (unpaired) electrons. The molecule has 2 aromatic rings. The molecule has 12 heteroatoms. The van der Waals surface area contributed by atoms with Gasteiger partial charge >= 0.3 is 5.97 Å². The van der Waals surface area contributed by atoms with E-state index in [-0.39, 0.29) is 12.3 Å². The number of carboxylic acids is 1. The highest BCUT2D eigenvalue weighted by Gasteiger charge is 2.33. The largest absolute Gasteiger partial charge is 0.480 e. The van der Waals surface area contributed by atoms with E-state index in [2.05, 4.69) is 20.9 Å². The average molecular weight is 531 g/mol. The number of aliphatic carboxylic acids is 1. The molecule has 1 heterocycles. The van der Waals surface area contributed by atoms with E-state index in [0.29, 0.717) is 6.42 Å². The zero-order valence-corrected chi connectivity index (χ0v) is 22.1. The van der Waals surface area contributed by atoms with Crippen LogP contribution in [-0.2, 0) is 30.4 Å². The molecule has 5 atom stereocenters. The van der Waals surface area contributed by atoms with Crippen LogP contribution in [0.2, 0.25) is 0 Å². The first kappa shape index (κ1) is 30.3. The number of hydrogen-bond donors (Lipinski definition) is 7. The summed E-state index contributed by atoms with van der Waals surface area (Å²) < 4.78 is 0. The molecule has 9 N–H and O–H groups in total. The Morgan fingerprint density at radius 3 is 2.16 bits per heavy atom. The zero-order chi connectivity index (χ0) is 28.6. The first-order chi connectivity index (χ1) is 17.8. The number of rotatable bonds is 14. The maximum absolute atomic E-state index is 13.4. The fourth-order valence-corrected chi connectivity index (χ4v) is 4.03. The first-order valence-electron chi connectivity index (χ1n) is 12.6.